The minimum Gasteiger partial charge on any atom is -0.468 e. The largest absolute Gasteiger partial charge is 0.468 e. The Bertz CT molecular complexity index is 3150. The van der Waals surface area contributed by atoms with Crippen molar-refractivity contribution in [1.29, 1.82) is 0 Å². The molecule has 6 aromatic carbocycles. The maximum atomic E-state index is 7.43. The lowest BCUT2D eigenvalue weighted by Gasteiger charge is -2.46. The molecule has 0 atom stereocenters. The van der Waals surface area contributed by atoms with Crippen LogP contribution in [0.2, 0.25) is 0 Å². The number of benzene rings is 6. The summed E-state index contributed by atoms with van der Waals surface area (Å²) in [6, 6.07) is 38.5. The molecule has 4 aliphatic rings. The van der Waals surface area contributed by atoms with Crippen LogP contribution in [0.15, 0.2) is 101 Å². The van der Waals surface area contributed by atoms with Crippen molar-refractivity contribution in [2.75, 3.05) is 9.80 Å². The van der Waals surface area contributed by atoms with Gasteiger partial charge in [0, 0.05) is 33.8 Å². The lowest BCUT2D eigenvalue weighted by molar-refractivity contribution is 0.332. The Morgan fingerprint density at radius 1 is 0.523 bits per heavy atom. The standard InChI is InChI=1S/C61H67BN2O/c1-35(2)40-16-21-50-49(32-40)62-55-52(28-37(4)29-53(55)64(50)51-34-48-46(30-39(51)6)59(9,10)25-26-61(48,13)14)63(42-18-20-45-47(33-42)60(11,12)24-23-58(45,7)8)56-44-31-41(17-22-54(44)65-57(56)62)43-19-15-36(3)27-38(43)5/h15-22,27-35H,23-26H2,1-14H3. The van der Waals surface area contributed by atoms with E-state index in [1.54, 1.807) is 0 Å². The summed E-state index contributed by atoms with van der Waals surface area (Å²) in [6.45, 7) is 33.2. The molecule has 4 heteroatoms. The highest BCUT2D eigenvalue weighted by Crippen LogP contribution is 2.53. The number of furan rings is 1. The summed E-state index contributed by atoms with van der Waals surface area (Å²) in [5.74, 6) is 0.375. The Morgan fingerprint density at radius 2 is 1.15 bits per heavy atom. The van der Waals surface area contributed by atoms with Crippen LogP contribution in [0.5, 0.6) is 0 Å². The van der Waals surface area contributed by atoms with Crippen molar-refractivity contribution in [3.05, 3.63) is 147 Å². The molecule has 0 N–H and O–H groups in total. The van der Waals surface area contributed by atoms with E-state index in [4.69, 9.17) is 4.42 Å². The molecule has 3 heterocycles. The highest BCUT2D eigenvalue weighted by molar-refractivity contribution is 7.00. The Balaban J connectivity index is 1.24. The van der Waals surface area contributed by atoms with Crippen LogP contribution in [0, 0.1) is 27.7 Å². The van der Waals surface area contributed by atoms with Gasteiger partial charge in [-0.2, -0.15) is 0 Å². The zero-order chi connectivity index (χ0) is 45.9. The van der Waals surface area contributed by atoms with E-state index in [0.29, 0.717) is 5.92 Å². The van der Waals surface area contributed by atoms with E-state index in [1.165, 1.54) is 120 Å². The average Bonchev–Trinajstić information content (AvgIpc) is 3.62. The predicted molar refractivity (Wildman–Crippen MR) is 279 cm³/mol. The van der Waals surface area contributed by atoms with Crippen LogP contribution in [0.1, 0.15) is 151 Å². The molecule has 0 radical (unpaired) electrons. The first-order chi connectivity index (χ1) is 30.6. The van der Waals surface area contributed by atoms with E-state index in [9.17, 15) is 0 Å². The summed E-state index contributed by atoms with van der Waals surface area (Å²) in [5.41, 5.74) is 27.2. The summed E-state index contributed by atoms with van der Waals surface area (Å²) in [6.07, 6.45) is 4.72. The van der Waals surface area contributed by atoms with Gasteiger partial charge in [-0.25, -0.2) is 0 Å². The van der Waals surface area contributed by atoms with Crippen LogP contribution in [0.3, 0.4) is 0 Å². The monoisotopic (exact) mass is 855 g/mol. The third-order valence-corrected chi connectivity index (χ3v) is 16.7. The molecule has 0 saturated carbocycles. The molecular formula is C61H67BN2O. The third-order valence-electron chi connectivity index (χ3n) is 16.7. The summed E-state index contributed by atoms with van der Waals surface area (Å²) in [5, 5.41) is 1.16. The zero-order valence-corrected chi connectivity index (χ0v) is 41.5. The number of fused-ring (bicyclic) bond motifs is 8. The number of hydrogen-bond acceptors (Lipinski definition) is 3. The molecule has 65 heavy (non-hydrogen) atoms. The molecule has 2 aliphatic heterocycles. The van der Waals surface area contributed by atoms with Crippen molar-refractivity contribution in [1.82, 2.24) is 0 Å². The van der Waals surface area contributed by atoms with Crippen LogP contribution in [0.4, 0.5) is 34.1 Å². The third kappa shape index (κ3) is 6.28. The van der Waals surface area contributed by atoms with Gasteiger partial charge >= 0.3 is 0 Å². The van der Waals surface area contributed by atoms with Gasteiger partial charge in [0.25, 0.3) is 6.71 Å². The topological polar surface area (TPSA) is 19.6 Å². The second-order valence-corrected chi connectivity index (χ2v) is 23.6. The molecule has 0 saturated heterocycles. The molecule has 11 rings (SSSR count). The van der Waals surface area contributed by atoms with Gasteiger partial charge in [-0.15, -0.1) is 0 Å². The van der Waals surface area contributed by atoms with Crippen molar-refractivity contribution in [2.45, 2.75) is 150 Å². The maximum absolute atomic E-state index is 7.43. The van der Waals surface area contributed by atoms with Gasteiger partial charge in [0.15, 0.2) is 0 Å². The van der Waals surface area contributed by atoms with Crippen LogP contribution >= 0.6 is 0 Å². The summed E-state index contributed by atoms with van der Waals surface area (Å²) in [7, 11) is 0. The van der Waals surface area contributed by atoms with Crippen molar-refractivity contribution in [3.8, 4) is 11.1 Å². The second kappa shape index (κ2) is 14.0. The lowest BCUT2D eigenvalue weighted by atomic mass is 9.35. The van der Waals surface area contributed by atoms with Crippen molar-refractivity contribution in [2.24, 2.45) is 0 Å². The minimum atomic E-state index is -0.102. The SMILES string of the molecule is Cc1ccc(-c2ccc3oc4c(c3c2)N(c2ccc3c(c2)C(C)(C)CCC3(C)C)c2cc(C)cc3c2B4c2cc(C(C)C)ccc2N3c2cc3c(cc2C)C(C)(C)CCC3(C)C)c(C)c1. The summed E-state index contributed by atoms with van der Waals surface area (Å²) in [4.78, 5) is 5.24. The fourth-order valence-electron chi connectivity index (χ4n) is 12.5. The van der Waals surface area contributed by atoms with Crippen LogP contribution in [-0.2, 0) is 21.7 Å². The van der Waals surface area contributed by atoms with Crippen molar-refractivity contribution in [3.63, 3.8) is 0 Å². The summed E-state index contributed by atoms with van der Waals surface area (Å²) < 4.78 is 7.43. The quantitative estimate of drug-likeness (QED) is 0.164. The Hall–Kier alpha value is -5.48. The molecule has 2 aliphatic carbocycles. The van der Waals surface area contributed by atoms with E-state index < -0.39 is 0 Å². The highest BCUT2D eigenvalue weighted by atomic mass is 16.3. The van der Waals surface area contributed by atoms with E-state index in [2.05, 4.69) is 204 Å². The average molecular weight is 855 g/mol. The normalized spacial score (nSPS) is 18.3. The van der Waals surface area contributed by atoms with Gasteiger partial charge in [-0.3, -0.25) is 0 Å². The van der Waals surface area contributed by atoms with Crippen molar-refractivity contribution < 1.29 is 4.42 Å². The molecule has 0 bridgehead atoms. The fourth-order valence-corrected chi connectivity index (χ4v) is 12.5. The smallest absolute Gasteiger partial charge is 0.297 e. The zero-order valence-electron chi connectivity index (χ0n) is 41.5. The molecule has 0 spiro atoms. The number of anilines is 6. The fraction of sp³-hybridized carbons (Fsp3) is 0.377. The second-order valence-electron chi connectivity index (χ2n) is 23.6. The molecular weight excluding hydrogens is 787 g/mol. The first kappa shape index (κ1) is 42.2. The molecule has 0 fully saturated rings. The number of hydrogen-bond donors (Lipinski definition) is 0. The highest BCUT2D eigenvalue weighted by Gasteiger charge is 2.48. The van der Waals surface area contributed by atoms with E-state index >= 15 is 0 Å². The first-order valence-corrected chi connectivity index (χ1v) is 24.5. The molecule has 7 aromatic rings. The Kier molecular flexibility index (Phi) is 9.10. The predicted octanol–water partition coefficient (Wildman–Crippen LogP) is 15.2. The molecule has 330 valence electrons. The first-order valence-electron chi connectivity index (χ1n) is 24.5. The van der Waals surface area contributed by atoms with Crippen LogP contribution < -0.4 is 26.4 Å². The molecule has 0 unspecified atom stereocenters. The lowest BCUT2D eigenvalue weighted by Crippen LogP contribution is -2.61. The molecule has 1 aromatic heterocycles. The van der Waals surface area contributed by atoms with Crippen LogP contribution in [0.25, 0.3) is 22.1 Å². The molecule has 0 amide bonds. The van der Waals surface area contributed by atoms with Gasteiger partial charge in [0.05, 0.1) is 11.3 Å². The van der Waals surface area contributed by atoms with E-state index in [1.807, 2.05) is 0 Å². The Morgan fingerprint density at radius 3 is 1.82 bits per heavy atom. The van der Waals surface area contributed by atoms with Crippen LogP contribution in [-0.4, -0.2) is 6.71 Å². The van der Waals surface area contributed by atoms with Gasteiger partial charge in [0.2, 0.25) is 0 Å². The number of rotatable bonds is 4. The minimum absolute atomic E-state index is 0.0535. The van der Waals surface area contributed by atoms with Gasteiger partial charge in [0.1, 0.15) is 5.58 Å². The Labute approximate surface area is 389 Å². The van der Waals surface area contributed by atoms with Gasteiger partial charge in [-0.05, 0) is 196 Å². The maximum Gasteiger partial charge on any atom is 0.297 e. The number of nitrogens with zero attached hydrogens (tertiary/aromatic N) is 2. The van der Waals surface area contributed by atoms with Crippen molar-refractivity contribution >= 4 is 68.4 Å². The number of aryl methyl sites for hydroxylation is 4. The van der Waals surface area contributed by atoms with E-state index in [-0.39, 0.29) is 28.4 Å². The van der Waals surface area contributed by atoms with E-state index in [0.717, 1.165) is 28.7 Å². The van der Waals surface area contributed by atoms with Gasteiger partial charge < -0.3 is 14.2 Å². The summed E-state index contributed by atoms with van der Waals surface area (Å²) >= 11 is 0. The van der Waals surface area contributed by atoms with Gasteiger partial charge in [-0.1, -0.05) is 123 Å². The molecule has 3 nitrogen and oxygen atoms in total.